The Labute approximate surface area is 111 Å². The van der Waals surface area contributed by atoms with Crippen molar-refractivity contribution in [3.8, 4) is 0 Å². The highest BCUT2D eigenvalue weighted by Crippen LogP contribution is 2.20. The standard InChI is InChI=1S/C14H17FN4/c1-9-6-11(2-3-12(9)15)13(19-17)7-10-4-5-18-14(16)8-10/h2-6,8,13,19H,7,17H2,1H3,(H2,16,18). The van der Waals surface area contributed by atoms with Gasteiger partial charge in [-0.05, 0) is 48.2 Å². The normalized spacial score (nSPS) is 12.4. The zero-order chi connectivity index (χ0) is 13.8. The van der Waals surface area contributed by atoms with Crippen LogP contribution >= 0.6 is 0 Å². The summed E-state index contributed by atoms with van der Waals surface area (Å²) in [6.07, 6.45) is 2.32. The second kappa shape index (κ2) is 5.77. The lowest BCUT2D eigenvalue weighted by atomic mass is 9.98. The molecule has 19 heavy (non-hydrogen) atoms. The molecule has 0 aliphatic carbocycles. The molecule has 1 aromatic carbocycles. The highest BCUT2D eigenvalue weighted by Gasteiger charge is 2.12. The summed E-state index contributed by atoms with van der Waals surface area (Å²) in [5.41, 5.74) is 11.0. The predicted octanol–water partition coefficient (Wildman–Crippen LogP) is 1.86. The van der Waals surface area contributed by atoms with E-state index in [0.29, 0.717) is 17.8 Å². The van der Waals surface area contributed by atoms with Crippen molar-refractivity contribution < 1.29 is 4.39 Å². The van der Waals surface area contributed by atoms with Crippen LogP contribution in [0, 0.1) is 12.7 Å². The third-order valence-corrected chi connectivity index (χ3v) is 3.07. The molecule has 0 radical (unpaired) electrons. The Hall–Kier alpha value is -1.98. The summed E-state index contributed by atoms with van der Waals surface area (Å²) in [6, 6.07) is 8.58. The van der Waals surface area contributed by atoms with E-state index in [1.165, 1.54) is 6.07 Å². The van der Waals surface area contributed by atoms with Crippen molar-refractivity contribution in [1.29, 1.82) is 0 Å². The first-order chi connectivity index (χ1) is 9.10. The molecule has 5 N–H and O–H groups in total. The van der Waals surface area contributed by atoms with Gasteiger partial charge in [-0.1, -0.05) is 12.1 Å². The van der Waals surface area contributed by atoms with Crippen LogP contribution in [0.4, 0.5) is 10.2 Å². The van der Waals surface area contributed by atoms with Gasteiger partial charge in [0, 0.05) is 12.2 Å². The molecular formula is C14H17FN4. The number of pyridine rings is 1. The summed E-state index contributed by atoms with van der Waals surface area (Å²) in [7, 11) is 0. The first-order valence-corrected chi connectivity index (χ1v) is 6.02. The zero-order valence-corrected chi connectivity index (χ0v) is 10.7. The van der Waals surface area contributed by atoms with Crippen molar-refractivity contribution >= 4 is 5.82 Å². The number of aromatic nitrogens is 1. The summed E-state index contributed by atoms with van der Waals surface area (Å²) in [6.45, 7) is 1.73. The summed E-state index contributed by atoms with van der Waals surface area (Å²) in [4.78, 5) is 3.95. The first-order valence-electron chi connectivity index (χ1n) is 6.02. The molecule has 0 saturated carbocycles. The number of nitrogens with one attached hydrogen (secondary N) is 1. The maximum absolute atomic E-state index is 13.3. The second-order valence-corrected chi connectivity index (χ2v) is 4.52. The van der Waals surface area contributed by atoms with Crippen LogP contribution in [0.15, 0.2) is 36.5 Å². The summed E-state index contributed by atoms with van der Waals surface area (Å²) < 4.78 is 13.3. The lowest BCUT2D eigenvalue weighted by molar-refractivity contribution is 0.548. The van der Waals surface area contributed by atoms with Crippen LogP contribution in [-0.4, -0.2) is 4.98 Å². The van der Waals surface area contributed by atoms with Crippen LogP contribution < -0.4 is 17.0 Å². The third-order valence-electron chi connectivity index (χ3n) is 3.07. The Morgan fingerprint density at radius 2 is 2.11 bits per heavy atom. The number of aryl methyl sites for hydroxylation is 1. The van der Waals surface area contributed by atoms with Gasteiger partial charge in [0.25, 0.3) is 0 Å². The molecule has 1 atom stereocenters. The molecule has 2 rings (SSSR count). The second-order valence-electron chi connectivity index (χ2n) is 4.52. The van der Waals surface area contributed by atoms with Crippen molar-refractivity contribution in [3.05, 3.63) is 59.0 Å². The van der Waals surface area contributed by atoms with Gasteiger partial charge >= 0.3 is 0 Å². The van der Waals surface area contributed by atoms with Gasteiger partial charge in [0.1, 0.15) is 11.6 Å². The van der Waals surface area contributed by atoms with E-state index in [1.807, 2.05) is 6.07 Å². The van der Waals surface area contributed by atoms with Crippen molar-refractivity contribution in [1.82, 2.24) is 10.4 Å². The lowest BCUT2D eigenvalue weighted by Crippen LogP contribution is -2.29. The minimum absolute atomic E-state index is 0.0962. The van der Waals surface area contributed by atoms with Gasteiger partial charge in [-0.25, -0.2) is 9.37 Å². The molecule has 2 aromatic rings. The number of halogens is 1. The van der Waals surface area contributed by atoms with E-state index in [9.17, 15) is 4.39 Å². The highest BCUT2D eigenvalue weighted by atomic mass is 19.1. The molecule has 100 valence electrons. The molecule has 0 fully saturated rings. The fourth-order valence-corrected chi connectivity index (χ4v) is 2.01. The fraction of sp³-hybridized carbons (Fsp3) is 0.214. The van der Waals surface area contributed by atoms with E-state index in [1.54, 1.807) is 31.3 Å². The summed E-state index contributed by atoms with van der Waals surface area (Å²) in [5.74, 6) is 5.85. The fourth-order valence-electron chi connectivity index (χ4n) is 2.01. The van der Waals surface area contributed by atoms with E-state index in [4.69, 9.17) is 11.6 Å². The molecular weight excluding hydrogens is 243 g/mol. The Morgan fingerprint density at radius 1 is 1.32 bits per heavy atom. The Balaban J connectivity index is 2.22. The van der Waals surface area contributed by atoms with Crippen LogP contribution in [0.3, 0.4) is 0 Å². The van der Waals surface area contributed by atoms with Crippen molar-refractivity contribution in [2.24, 2.45) is 5.84 Å². The summed E-state index contributed by atoms with van der Waals surface area (Å²) in [5, 5.41) is 0. The van der Waals surface area contributed by atoms with Crippen molar-refractivity contribution in [2.75, 3.05) is 5.73 Å². The molecule has 0 spiro atoms. The smallest absolute Gasteiger partial charge is 0.126 e. The third kappa shape index (κ3) is 3.27. The van der Waals surface area contributed by atoms with E-state index in [-0.39, 0.29) is 11.9 Å². The number of hydrogen-bond acceptors (Lipinski definition) is 4. The number of hydrazine groups is 1. The molecule has 0 bridgehead atoms. The number of nitrogen functional groups attached to an aromatic ring is 1. The molecule has 1 aromatic heterocycles. The predicted molar refractivity (Wildman–Crippen MR) is 73.6 cm³/mol. The molecule has 0 saturated heterocycles. The van der Waals surface area contributed by atoms with E-state index < -0.39 is 0 Å². The van der Waals surface area contributed by atoms with Crippen LogP contribution in [0.5, 0.6) is 0 Å². The number of nitrogens with two attached hydrogens (primary N) is 2. The molecule has 1 heterocycles. The summed E-state index contributed by atoms with van der Waals surface area (Å²) >= 11 is 0. The minimum atomic E-state index is -0.215. The van der Waals surface area contributed by atoms with Gasteiger partial charge < -0.3 is 5.73 Å². The van der Waals surface area contributed by atoms with Crippen LogP contribution in [-0.2, 0) is 6.42 Å². The Morgan fingerprint density at radius 3 is 2.74 bits per heavy atom. The number of benzene rings is 1. The molecule has 1 unspecified atom stereocenters. The van der Waals surface area contributed by atoms with Gasteiger partial charge in [0.05, 0.1) is 0 Å². The van der Waals surface area contributed by atoms with Gasteiger partial charge in [-0.15, -0.1) is 0 Å². The van der Waals surface area contributed by atoms with Crippen molar-refractivity contribution in [2.45, 2.75) is 19.4 Å². The monoisotopic (exact) mass is 260 g/mol. The first kappa shape index (κ1) is 13.5. The molecule has 5 heteroatoms. The van der Waals surface area contributed by atoms with E-state index >= 15 is 0 Å². The number of hydrogen-bond donors (Lipinski definition) is 3. The SMILES string of the molecule is Cc1cc(C(Cc2ccnc(N)c2)NN)ccc1F. The Bertz CT molecular complexity index is 571. The van der Waals surface area contributed by atoms with Gasteiger partial charge in [0.2, 0.25) is 0 Å². The van der Waals surface area contributed by atoms with Gasteiger partial charge in [-0.2, -0.15) is 0 Å². The quantitative estimate of drug-likeness (QED) is 0.579. The van der Waals surface area contributed by atoms with Gasteiger partial charge in [0.15, 0.2) is 0 Å². The molecule has 0 aliphatic heterocycles. The zero-order valence-electron chi connectivity index (χ0n) is 10.7. The largest absolute Gasteiger partial charge is 0.384 e. The van der Waals surface area contributed by atoms with E-state index in [0.717, 1.165) is 11.1 Å². The van der Waals surface area contributed by atoms with Crippen LogP contribution in [0.1, 0.15) is 22.7 Å². The maximum Gasteiger partial charge on any atom is 0.126 e. The van der Waals surface area contributed by atoms with Crippen LogP contribution in [0.2, 0.25) is 0 Å². The van der Waals surface area contributed by atoms with Gasteiger partial charge in [-0.3, -0.25) is 11.3 Å². The number of anilines is 1. The Kier molecular flexibility index (Phi) is 4.09. The average molecular weight is 260 g/mol. The minimum Gasteiger partial charge on any atom is -0.384 e. The van der Waals surface area contributed by atoms with Crippen molar-refractivity contribution in [3.63, 3.8) is 0 Å². The number of rotatable bonds is 4. The molecule has 4 nitrogen and oxygen atoms in total. The molecule has 0 amide bonds. The molecule has 0 aliphatic rings. The number of nitrogens with zero attached hydrogens (tertiary/aromatic N) is 1. The maximum atomic E-state index is 13.3. The lowest BCUT2D eigenvalue weighted by Gasteiger charge is -2.17. The van der Waals surface area contributed by atoms with Crippen LogP contribution in [0.25, 0.3) is 0 Å². The average Bonchev–Trinajstić information content (AvgIpc) is 2.39. The van der Waals surface area contributed by atoms with E-state index in [2.05, 4.69) is 10.4 Å². The highest BCUT2D eigenvalue weighted by molar-refractivity contribution is 5.34. The topological polar surface area (TPSA) is 77.0 Å².